The van der Waals surface area contributed by atoms with Crippen molar-refractivity contribution < 1.29 is 28.0 Å². The van der Waals surface area contributed by atoms with E-state index in [1.165, 1.54) is 10.8 Å². The van der Waals surface area contributed by atoms with Crippen LogP contribution in [0, 0.1) is 5.41 Å². The SMILES string of the molecule is CCCCC1NC2=C(c3ccccc3NC2N)N1CC(C)(C)CNC(=O)OSSC(C)(C)CNC(=O)CCOCCOCCOCCNC. The molecule has 13 nitrogen and oxygen atoms in total. The molecule has 2 atom stereocenters. The summed E-state index contributed by atoms with van der Waals surface area (Å²) < 4.78 is 21.4. The molecule has 15 heteroatoms. The molecule has 2 aliphatic heterocycles. The first-order valence-corrected chi connectivity index (χ1v) is 19.4. The minimum Gasteiger partial charge on any atom is -0.379 e. The van der Waals surface area contributed by atoms with Crippen molar-refractivity contribution in [1.82, 2.24) is 26.2 Å². The average molecular weight is 726 g/mol. The molecule has 2 heterocycles. The monoisotopic (exact) mass is 725 g/mol. The van der Waals surface area contributed by atoms with Crippen LogP contribution in [0.3, 0.4) is 0 Å². The van der Waals surface area contributed by atoms with E-state index in [0.717, 1.165) is 66.1 Å². The molecule has 278 valence electrons. The van der Waals surface area contributed by atoms with Crippen molar-refractivity contribution in [2.75, 3.05) is 78.2 Å². The zero-order valence-corrected chi connectivity index (χ0v) is 31.8. The average Bonchev–Trinajstić information content (AvgIpc) is 3.42. The van der Waals surface area contributed by atoms with Gasteiger partial charge in [-0.15, -0.1) is 0 Å². The van der Waals surface area contributed by atoms with E-state index >= 15 is 0 Å². The number of hydrogen-bond donors (Lipinski definition) is 6. The molecular weight excluding hydrogens is 667 g/mol. The van der Waals surface area contributed by atoms with Gasteiger partial charge in [0.2, 0.25) is 5.91 Å². The number of benzene rings is 1. The highest BCUT2D eigenvalue weighted by Crippen LogP contribution is 2.41. The molecule has 2 aliphatic rings. The van der Waals surface area contributed by atoms with Gasteiger partial charge >= 0.3 is 6.09 Å². The van der Waals surface area contributed by atoms with Gasteiger partial charge in [-0.3, -0.25) is 4.79 Å². The van der Waals surface area contributed by atoms with Gasteiger partial charge in [-0.2, -0.15) is 0 Å². The molecule has 49 heavy (non-hydrogen) atoms. The van der Waals surface area contributed by atoms with Gasteiger partial charge in [0.1, 0.15) is 17.2 Å². The smallest absolute Gasteiger partial charge is 0.379 e. The summed E-state index contributed by atoms with van der Waals surface area (Å²) in [5, 5.41) is 16.0. The number of rotatable bonds is 24. The Morgan fingerprint density at radius 2 is 1.65 bits per heavy atom. The predicted octanol–water partition coefficient (Wildman–Crippen LogP) is 4.09. The summed E-state index contributed by atoms with van der Waals surface area (Å²) in [6.45, 7) is 15.8. The van der Waals surface area contributed by atoms with Crippen molar-refractivity contribution in [3.8, 4) is 0 Å². The number of nitrogens with zero attached hydrogens (tertiary/aromatic N) is 1. The fourth-order valence-corrected chi connectivity index (χ4v) is 6.84. The third-order valence-corrected chi connectivity index (χ3v) is 10.6. The van der Waals surface area contributed by atoms with E-state index in [4.69, 9.17) is 24.1 Å². The predicted molar refractivity (Wildman–Crippen MR) is 200 cm³/mol. The zero-order valence-electron chi connectivity index (χ0n) is 30.2. The van der Waals surface area contributed by atoms with Crippen molar-refractivity contribution >= 4 is 45.3 Å². The summed E-state index contributed by atoms with van der Waals surface area (Å²) >= 11 is 1.01. The lowest BCUT2D eigenvalue weighted by Gasteiger charge is -2.37. The molecule has 0 aromatic heterocycles. The minimum absolute atomic E-state index is 0.0959. The van der Waals surface area contributed by atoms with Gasteiger partial charge in [-0.25, -0.2) is 4.79 Å². The van der Waals surface area contributed by atoms with Crippen LogP contribution in [0.1, 0.15) is 65.9 Å². The summed E-state index contributed by atoms with van der Waals surface area (Å²) in [6, 6.07) is 8.25. The van der Waals surface area contributed by atoms with Gasteiger partial charge in [0, 0.05) is 48.6 Å². The van der Waals surface area contributed by atoms with Gasteiger partial charge < -0.3 is 55.6 Å². The molecule has 1 aromatic carbocycles. The van der Waals surface area contributed by atoms with Crippen molar-refractivity contribution in [1.29, 1.82) is 0 Å². The number of likely N-dealkylation sites (N-methyl/N-ethyl adjacent to an activating group) is 1. The largest absolute Gasteiger partial charge is 0.420 e. The molecule has 0 saturated heterocycles. The molecule has 0 radical (unpaired) electrons. The van der Waals surface area contributed by atoms with E-state index < -0.39 is 6.09 Å². The summed E-state index contributed by atoms with van der Waals surface area (Å²) in [5.74, 6) is -0.0959. The van der Waals surface area contributed by atoms with E-state index in [9.17, 15) is 9.59 Å². The Bertz CT molecular complexity index is 1210. The quantitative estimate of drug-likeness (QED) is 0.0515. The number of nitrogens with one attached hydrogen (secondary N) is 5. The number of unbranched alkanes of at least 4 members (excludes halogenated alkanes) is 1. The Hall–Kier alpha value is -2.40. The fraction of sp³-hybridized carbons (Fsp3) is 0.706. The summed E-state index contributed by atoms with van der Waals surface area (Å²) in [7, 11) is 3.27. The van der Waals surface area contributed by atoms with Crippen LogP contribution in [0.4, 0.5) is 10.5 Å². The van der Waals surface area contributed by atoms with E-state index in [1.54, 1.807) is 0 Å². The topological polar surface area (TPSA) is 160 Å². The van der Waals surface area contributed by atoms with Crippen molar-refractivity contribution in [2.24, 2.45) is 11.1 Å². The number of hydrogen-bond acceptors (Lipinski definition) is 13. The maximum absolute atomic E-state index is 12.7. The maximum Gasteiger partial charge on any atom is 0.420 e. The zero-order chi connectivity index (χ0) is 35.7. The van der Waals surface area contributed by atoms with E-state index in [0.29, 0.717) is 52.7 Å². The first-order chi connectivity index (χ1) is 23.5. The number of para-hydroxylation sites is 1. The molecule has 0 bridgehead atoms. The Morgan fingerprint density at radius 3 is 2.37 bits per heavy atom. The second-order valence-electron chi connectivity index (χ2n) is 13.6. The fourth-order valence-electron chi connectivity index (χ4n) is 5.35. The van der Waals surface area contributed by atoms with E-state index in [-0.39, 0.29) is 34.8 Å². The standard InChI is InChI=1S/C34H59N7O6S2/c1-7-8-13-27-40-29-30(25-11-9-10-12-26(25)39-31(29)35)41(27)24-33(2,3)22-38-32(43)47-49-48-34(4,5)23-37-28(42)14-16-44-18-20-46-21-19-45-17-15-36-6/h9-12,27,31,36,39-40H,7-8,13-24,35H2,1-6H3,(H,37,42)(H,38,43). The summed E-state index contributed by atoms with van der Waals surface area (Å²) in [5.41, 5.74) is 10.6. The highest BCUT2D eigenvalue weighted by atomic mass is 33.1. The van der Waals surface area contributed by atoms with Crippen LogP contribution in [0.2, 0.25) is 0 Å². The molecule has 0 fully saturated rings. The second-order valence-corrected chi connectivity index (χ2v) is 16.1. The number of carbonyl (C=O) groups excluding carboxylic acids is 2. The van der Waals surface area contributed by atoms with Crippen LogP contribution < -0.4 is 32.3 Å². The Balaban J connectivity index is 1.34. The molecule has 0 aliphatic carbocycles. The third kappa shape index (κ3) is 14.4. The lowest BCUT2D eigenvalue weighted by Crippen LogP contribution is -2.46. The van der Waals surface area contributed by atoms with Gasteiger partial charge in [0.15, 0.2) is 0 Å². The lowest BCUT2D eigenvalue weighted by molar-refractivity contribution is -0.122. The van der Waals surface area contributed by atoms with Gasteiger partial charge in [-0.1, -0.05) is 45.4 Å². The number of amides is 2. The summed E-state index contributed by atoms with van der Waals surface area (Å²) in [4.78, 5) is 27.4. The van der Waals surface area contributed by atoms with Crippen LogP contribution in [0.25, 0.3) is 5.70 Å². The molecule has 2 unspecified atom stereocenters. The molecule has 3 rings (SSSR count). The molecule has 0 saturated carbocycles. The summed E-state index contributed by atoms with van der Waals surface area (Å²) in [6.07, 6.45) is 2.77. The normalized spacial score (nSPS) is 17.2. The molecule has 2 amide bonds. The lowest BCUT2D eigenvalue weighted by atomic mass is 9.91. The van der Waals surface area contributed by atoms with Crippen molar-refractivity contribution in [3.05, 3.63) is 35.5 Å². The maximum atomic E-state index is 12.7. The number of carbonyl (C=O) groups is 2. The Morgan fingerprint density at radius 1 is 0.959 bits per heavy atom. The van der Waals surface area contributed by atoms with Gasteiger partial charge in [-0.05, 0) is 56.0 Å². The van der Waals surface area contributed by atoms with E-state index in [1.807, 2.05) is 33.0 Å². The molecular formula is C34H59N7O6S2. The molecule has 7 N–H and O–H groups in total. The Kier molecular flexibility index (Phi) is 17.6. The highest BCUT2D eigenvalue weighted by Gasteiger charge is 2.40. The first kappa shape index (κ1) is 41.0. The van der Waals surface area contributed by atoms with Crippen LogP contribution in [-0.4, -0.2) is 107 Å². The van der Waals surface area contributed by atoms with Crippen molar-refractivity contribution in [3.63, 3.8) is 0 Å². The van der Waals surface area contributed by atoms with Crippen LogP contribution in [-0.2, 0) is 23.2 Å². The van der Waals surface area contributed by atoms with Crippen LogP contribution in [0.5, 0.6) is 0 Å². The van der Waals surface area contributed by atoms with Crippen molar-refractivity contribution in [2.45, 2.75) is 77.4 Å². The first-order valence-electron chi connectivity index (χ1n) is 17.3. The number of nitrogens with two attached hydrogens (primary N) is 1. The number of fused-ring (bicyclic) bond motifs is 2. The molecule has 1 aromatic rings. The van der Waals surface area contributed by atoms with Gasteiger partial charge in [0.05, 0.1) is 57.2 Å². The number of ether oxygens (including phenoxy) is 3. The highest BCUT2D eigenvalue weighted by molar-refractivity contribution is 8.75. The molecule has 0 spiro atoms. The van der Waals surface area contributed by atoms with Crippen LogP contribution >= 0.6 is 21.9 Å². The minimum atomic E-state index is -0.496. The third-order valence-electron chi connectivity index (χ3n) is 7.98. The Labute approximate surface area is 300 Å². The van der Waals surface area contributed by atoms with Crippen LogP contribution in [0.15, 0.2) is 30.0 Å². The number of anilines is 1. The van der Waals surface area contributed by atoms with Gasteiger partial charge in [0.25, 0.3) is 0 Å². The second kappa shape index (κ2) is 21.1. The van der Waals surface area contributed by atoms with E-state index in [2.05, 4.69) is 64.4 Å².